The Morgan fingerprint density at radius 2 is 1.78 bits per heavy atom. The average molecular weight is 400 g/mol. The Bertz CT molecular complexity index is 632. The molecule has 0 aromatic heterocycles. The van der Waals surface area contributed by atoms with E-state index in [2.05, 4.69) is 5.32 Å². The van der Waals surface area contributed by atoms with E-state index in [0.29, 0.717) is 17.9 Å². The van der Waals surface area contributed by atoms with Crippen LogP contribution in [0.25, 0.3) is 0 Å². The van der Waals surface area contributed by atoms with Crippen LogP contribution in [0.4, 0.5) is 4.79 Å². The van der Waals surface area contributed by atoms with E-state index in [9.17, 15) is 14.4 Å². The molecule has 0 unspecified atom stereocenters. The number of hydrogen-bond donors (Lipinski definition) is 2. The Balaban J connectivity index is 2.67. The summed E-state index contributed by atoms with van der Waals surface area (Å²) in [7, 11) is 0. The van der Waals surface area contributed by atoms with E-state index in [1.165, 1.54) is 0 Å². The van der Waals surface area contributed by atoms with Crippen LogP contribution >= 0.6 is 11.6 Å². The van der Waals surface area contributed by atoms with Crippen LogP contribution in [-0.2, 0) is 19.1 Å². The molecule has 7 nitrogen and oxygen atoms in total. The molecule has 0 fully saturated rings. The first-order valence-corrected chi connectivity index (χ1v) is 9.22. The Morgan fingerprint density at radius 1 is 1.15 bits per heavy atom. The molecule has 0 aliphatic rings. The van der Waals surface area contributed by atoms with E-state index in [0.717, 1.165) is 5.56 Å². The van der Waals surface area contributed by atoms with Crippen molar-refractivity contribution in [1.29, 1.82) is 0 Å². The van der Waals surface area contributed by atoms with Crippen molar-refractivity contribution in [1.82, 2.24) is 5.32 Å². The fourth-order valence-corrected chi connectivity index (χ4v) is 2.39. The quantitative estimate of drug-likeness (QED) is 0.456. The van der Waals surface area contributed by atoms with Gasteiger partial charge in [0.15, 0.2) is 0 Å². The summed E-state index contributed by atoms with van der Waals surface area (Å²) in [6.07, 6.45) is -0.868. The van der Waals surface area contributed by atoms with E-state index in [1.54, 1.807) is 38.1 Å². The molecular weight excluding hydrogens is 374 g/mol. The lowest BCUT2D eigenvalue weighted by molar-refractivity contribution is -0.172. The van der Waals surface area contributed by atoms with Crippen LogP contribution in [0.15, 0.2) is 24.3 Å². The molecule has 1 rings (SSSR count). The topological polar surface area (TPSA) is 102 Å². The van der Waals surface area contributed by atoms with Crippen molar-refractivity contribution < 1.29 is 29.0 Å². The van der Waals surface area contributed by atoms with Crippen molar-refractivity contribution in [3.63, 3.8) is 0 Å². The van der Waals surface area contributed by atoms with E-state index >= 15 is 0 Å². The van der Waals surface area contributed by atoms with Crippen LogP contribution in [0.5, 0.6) is 0 Å². The number of carbonyl (C=O) groups excluding carboxylic acids is 2. The van der Waals surface area contributed by atoms with E-state index in [1.807, 2.05) is 6.92 Å². The Kier molecular flexibility index (Phi) is 9.64. The molecule has 1 aromatic rings. The number of aliphatic carboxylic acids is 1. The maximum absolute atomic E-state index is 12.1. The molecule has 0 spiro atoms. The molecule has 27 heavy (non-hydrogen) atoms. The van der Waals surface area contributed by atoms with Gasteiger partial charge in [-0.05, 0) is 24.1 Å². The van der Waals surface area contributed by atoms with Gasteiger partial charge in [-0.15, -0.1) is 0 Å². The van der Waals surface area contributed by atoms with Gasteiger partial charge in [-0.1, -0.05) is 44.5 Å². The lowest BCUT2D eigenvalue weighted by atomic mass is 9.96. The first kappa shape index (κ1) is 22.8. The summed E-state index contributed by atoms with van der Waals surface area (Å²) < 4.78 is 10.3. The minimum absolute atomic E-state index is 0.0593. The van der Waals surface area contributed by atoms with Gasteiger partial charge in [-0.2, -0.15) is 0 Å². The highest BCUT2D eigenvalue weighted by Gasteiger charge is 2.22. The number of alkyl carbamates (subject to hydrolysis) is 1. The normalized spacial score (nSPS) is 12.9. The summed E-state index contributed by atoms with van der Waals surface area (Å²) in [4.78, 5) is 34.9. The van der Waals surface area contributed by atoms with Crippen LogP contribution in [0.1, 0.15) is 51.5 Å². The number of ether oxygens (including phenoxy) is 2. The third-order valence-corrected chi connectivity index (χ3v) is 3.99. The minimum Gasteiger partial charge on any atom is -0.481 e. The van der Waals surface area contributed by atoms with Crippen LogP contribution in [0, 0.1) is 5.92 Å². The molecule has 0 aliphatic heterocycles. The molecule has 0 saturated carbocycles. The summed E-state index contributed by atoms with van der Waals surface area (Å²) in [5.74, 6) is -2.22. The molecule has 2 N–H and O–H groups in total. The zero-order valence-corrected chi connectivity index (χ0v) is 16.5. The molecule has 8 heteroatoms. The number of hydrogen-bond acceptors (Lipinski definition) is 5. The number of carboxylic acid groups (broad SMARTS) is 1. The van der Waals surface area contributed by atoms with Crippen LogP contribution < -0.4 is 5.32 Å². The maximum atomic E-state index is 12.1. The van der Waals surface area contributed by atoms with Gasteiger partial charge < -0.3 is 19.9 Å². The summed E-state index contributed by atoms with van der Waals surface area (Å²) in [6, 6.07) is 6.75. The summed E-state index contributed by atoms with van der Waals surface area (Å²) in [5, 5.41) is 12.2. The highest BCUT2D eigenvalue weighted by atomic mass is 35.5. The number of nitrogens with one attached hydrogen (secondary N) is 1. The van der Waals surface area contributed by atoms with E-state index in [4.69, 9.17) is 26.2 Å². The molecule has 150 valence electrons. The van der Waals surface area contributed by atoms with Crippen molar-refractivity contribution >= 4 is 29.6 Å². The fourth-order valence-electron chi connectivity index (χ4n) is 2.26. The number of carbonyl (C=O) groups is 3. The molecule has 0 heterocycles. The van der Waals surface area contributed by atoms with Crippen molar-refractivity contribution in [2.75, 3.05) is 6.54 Å². The van der Waals surface area contributed by atoms with Gasteiger partial charge in [0.2, 0.25) is 6.29 Å². The number of carboxylic acids is 1. The second kappa shape index (κ2) is 11.4. The predicted molar refractivity (Wildman–Crippen MR) is 101 cm³/mol. The largest absolute Gasteiger partial charge is 0.481 e. The second-order valence-electron chi connectivity index (χ2n) is 6.44. The third-order valence-electron chi connectivity index (χ3n) is 3.74. The molecule has 0 saturated heterocycles. The van der Waals surface area contributed by atoms with Crippen LogP contribution in [-0.4, -0.2) is 36.0 Å². The average Bonchev–Trinajstić information content (AvgIpc) is 2.59. The Morgan fingerprint density at radius 3 is 2.30 bits per heavy atom. The van der Waals surface area contributed by atoms with Crippen LogP contribution in [0.2, 0.25) is 5.02 Å². The second-order valence-corrected chi connectivity index (χ2v) is 6.88. The first-order chi connectivity index (χ1) is 12.7. The summed E-state index contributed by atoms with van der Waals surface area (Å²) >= 11 is 5.85. The lowest BCUT2D eigenvalue weighted by Crippen LogP contribution is -2.35. The Hall–Kier alpha value is -2.28. The van der Waals surface area contributed by atoms with E-state index in [-0.39, 0.29) is 18.9 Å². The SMILES string of the molecule is CCC[C@H](OC(=O)NC[C@H](CC(=O)O)c1ccc(Cl)cc1)OC(=O)C(C)C. The number of benzene rings is 1. The summed E-state index contributed by atoms with van der Waals surface area (Å²) in [5.41, 5.74) is 0.735. The number of rotatable bonds is 10. The molecular formula is C19H26ClNO6. The number of amides is 1. The smallest absolute Gasteiger partial charge is 0.410 e. The zero-order valence-electron chi connectivity index (χ0n) is 15.7. The minimum atomic E-state index is -0.986. The lowest BCUT2D eigenvalue weighted by Gasteiger charge is -2.20. The van der Waals surface area contributed by atoms with Gasteiger partial charge in [-0.25, -0.2) is 4.79 Å². The molecule has 1 aromatic carbocycles. The fraction of sp³-hybridized carbons (Fsp3) is 0.526. The van der Waals surface area contributed by atoms with E-state index < -0.39 is 30.2 Å². The van der Waals surface area contributed by atoms with Crippen molar-refractivity contribution in [3.05, 3.63) is 34.9 Å². The summed E-state index contributed by atoms with van der Waals surface area (Å²) in [6.45, 7) is 5.31. The van der Waals surface area contributed by atoms with Crippen molar-refractivity contribution in [3.8, 4) is 0 Å². The van der Waals surface area contributed by atoms with Crippen LogP contribution in [0.3, 0.4) is 0 Å². The van der Waals surface area contributed by atoms with Gasteiger partial charge >= 0.3 is 18.0 Å². The molecule has 2 atom stereocenters. The maximum Gasteiger partial charge on any atom is 0.410 e. The van der Waals surface area contributed by atoms with Gasteiger partial charge in [-0.3, -0.25) is 9.59 Å². The van der Waals surface area contributed by atoms with Crippen molar-refractivity contribution in [2.45, 2.75) is 52.2 Å². The van der Waals surface area contributed by atoms with Crippen molar-refractivity contribution in [2.24, 2.45) is 5.92 Å². The van der Waals surface area contributed by atoms with Gasteiger partial charge in [0, 0.05) is 23.9 Å². The molecule has 0 bridgehead atoms. The Labute approximate surface area is 164 Å². The monoisotopic (exact) mass is 399 g/mol. The highest BCUT2D eigenvalue weighted by Crippen LogP contribution is 2.21. The standard InChI is InChI=1S/C19H26ClNO6/c1-4-5-17(26-18(24)12(2)3)27-19(25)21-11-14(10-16(22)23)13-6-8-15(20)9-7-13/h6-9,12,14,17H,4-5,10-11H2,1-3H3,(H,21,25)(H,22,23)/t14-,17-/m0/s1. The molecule has 0 aliphatic carbocycles. The molecule has 0 radical (unpaired) electrons. The number of esters is 1. The van der Waals surface area contributed by atoms with Gasteiger partial charge in [0.25, 0.3) is 0 Å². The van der Waals surface area contributed by atoms with Gasteiger partial charge in [0.1, 0.15) is 0 Å². The highest BCUT2D eigenvalue weighted by molar-refractivity contribution is 6.30. The first-order valence-electron chi connectivity index (χ1n) is 8.85. The number of halogens is 1. The third kappa shape index (κ3) is 8.77. The molecule has 1 amide bonds. The predicted octanol–water partition coefficient (Wildman–Crippen LogP) is 3.95. The zero-order chi connectivity index (χ0) is 20.4. The van der Waals surface area contributed by atoms with Gasteiger partial charge in [0.05, 0.1) is 12.3 Å².